The molecule has 1 heterocycles. The topological polar surface area (TPSA) is 44.1 Å². The van der Waals surface area contributed by atoms with Crippen molar-refractivity contribution in [1.82, 2.24) is 9.55 Å². The van der Waals surface area contributed by atoms with E-state index in [-0.39, 0.29) is 11.0 Å². The lowest BCUT2D eigenvalue weighted by molar-refractivity contribution is 0.400. The van der Waals surface area contributed by atoms with Gasteiger partial charge in [-0.05, 0) is 23.6 Å². The lowest BCUT2D eigenvalue weighted by Crippen LogP contribution is -2.16. The highest BCUT2D eigenvalue weighted by molar-refractivity contribution is 6.28. The number of halogens is 1. The van der Waals surface area contributed by atoms with Gasteiger partial charge in [0.15, 0.2) is 0 Å². The number of rotatable bonds is 4. The summed E-state index contributed by atoms with van der Waals surface area (Å²) in [6.07, 6.45) is 2.40. The van der Waals surface area contributed by atoms with Crippen molar-refractivity contribution in [3.63, 3.8) is 0 Å². The molecular formula is C13H13ClN2O2. The standard InChI is InChI=1S/C13H13ClN2O2/c1-18-11-9-16(13(14)15-12(11)17)8-7-10-5-3-2-4-6-10/h2-6,9H,7-8H2,1H3. The molecular weight excluding hydrogens is 252 g/mol. The van der Waals surface area contributed by atoms with E-state index in [2.05, 4.69) is 4.98 Å². The van der Waals surface area contributed by atoms with Gasteiger partial charge in [0.05, 0.1) is 13.3 Å². The van der Waals surface area contributed by atoms with Gasteiger partial charge < -0.3 is 9.30 Å². The normalized spacial score (nSPS) is 10.3. The average Bonchev–Trinajstić information content (AvgIpc) is 2.39. The number of hydrogen-bond donors (Lipinski definition) is 0. The van der Waals surface area contributed by atoms with Crippen LogP contribution in [-0.2, 0) is 13.0 Å². The van der Waals surface area contributed by atoms with E-state index in [1.807, 2.05) is 30.3 Å². The molecule has 0 spiro atoms. The summed E-state index contributed by atoms with van der Waals surface area (Å²) in [5.41, 5.74) is 0.754. The Kier molecular flexibility index (Phi) is 3.99. The first-order chi connectivity index (χ1) is 8.70. The van der Waals surface area contributed by atoms with Gasteiger partial charge >= 0.3 is 5.56 Å². The Hall–Kier alpha value is -1.81. The van der Waals surface area contributed by atoms with Crippen LogP contribution in [0.2, 0.25) is 5.28 Å². The summed E-state index contributed by atoms with van der Waals surface area (Å²) in [6, 6.07) is 10.0. The largest absolute Gasteiger partial charge is 0.490 e. The van der Waals surface area contributed by atoms with E-state index in [0.29, 0.717) is 6.54 Å². The van der Waals surface area contributed by atoms with Crippen molar-refractivity contribution in [1.29, 1.82) is 0 Å². The Bertz CT molecular complexity index is 581. The molecule has 2 rings (SSSR count). The summed E-state index contributed by atoms with van der Waals surface area (Å²) in [4.78, 5) is 15.1. The highest BCUT2D eigenvalue weighted by Crippen LogP contribution is 2.10. The summed E-state index contributed by atoms with van der Waals surface area (Å²) in [5.74, 6) is 0.201. The minimum Gasteiger partial charge on any atom is -0.490 e. The average molecular weight is 265 g/mol. The fourth-order valence-electron chi connectivity index (χ4n) is 1.64. The van der Waals surface area contributed by atoms with Crippen LogP contribution in [-0.4, -0.2) is 16.7 Å². The molecule has 1 aromatic carbocycles. The van der Waals surface area contributed by atoms with E-state index in [4.69, 9.17) is 16.3 Å². The fourth-order valence-corrected chi connectivity index (χ4v) is 1.85. The summed E-state index contributed by atoms with van der Waals surface area (Å²) in [7, 11) is 1.44. The third kappa shape index (κ3) is 2.90. The van der Waals surface area contributed by atoms with Gasteiger partial charge in [-0.1, -0.05) is 30.3 Å². The van der Waals surface area contributed by atoms with Crippen LogP contribution in [0.25, 0.3) is 0 Å². The summed E-state index contributed by atoms with van der Waals surface area (Å²) in [6.45, 7) is 0.645. The zero-order valence-electron chi connectivity index (χ0n) is 9.97. The van der Waals surface area contributed by atoms with Crippen LogP contribution >= 0.6 is 11.6 Å². The van der Waals surface area contributed by atoms with Gasteiger partial charge in [0.1, 0.15) is 0 Å². The first kappa shape index (κ1) is 12.6. The molecule has 5 heteroatoms. The van der Waals surface area contributed by atoms with E-state index < -0.39 is 5.56 Å². The van der Waals surface area contributed by atoms with Crippen LogP contribution in [0.5, 0.6) is 5.75 Å². The van der Waals surface area contributed by atoms with Crippen LogP contribution in [0, 0.1) is 0 Å². The molecule has 0 amide bonds. The maximum atomic E-state index is 11.4. The van der Waals surface area contributed by atoms with Gasteiger partial charge in [0, 0.05) is 6.54 Å². The van der Waals surface area contributed by atoms with Crippen LogP contribution in [0.15, 0.2) is 41.3 Å². The highest BCUT2D eigenvalue weighted by atomic mass is 35.5. The maximum Gasteiger partial charge on any atom is 0.316 e. The third-order valence-electron chi connectivity index (χ3n) is 2.62. The predicted octanol–water partition coefficient (Wildman–Crippen LogP) is 2.15. The molecule has 0 saturated carbocycles. The summed E-state index contributed by atoms with van der Waals surface area (Å²) < 4.78 is 6.64. The Morgan fingerprint density at radius 3 is 2.72 bits per heavy atom. The number of aromatic nitrogens is 2. The smallest absolute Gasteiger partial charge is 0.316 e. The Morgan fingerprint density at radius 2 is 2.06 bits per heavy atom. The molecule has 0 atom stereocenters. The van der Waals surface area contributed by atoms with Gasteiger partial charge in [-0.15, -0.1) is 0 Å². The van der Waals surface area contributed by atoms with Crippen LogP contribution < -0.4 is 10.3 Å². The van der Waals surface area contributed by atoms with Crippen molar-refractivity contribution >= 4 is 11.6 Å². The van der Waals surface area contributed by atoms with E-state index in [1.165, 1.54) is 12.7 Å². The van der Waals surface area contributed by atoms with Crippen molar-refractivity contribution in [2.75, 3.05) is 7.11 Å². The molecule has 0 aliphatic rings. The van der Waals surface area contributed by atoms with E-state index in [9.17, 15) is 4.79 Å². The second-order valence-corrected chi connectivity index (χ2v) is 4.15. The molecule has 2 aromatic rings. The molecule has 0 fully saturated rings. The molecule has 18 heavy (non-hydrogen) atoms. The van der Waals surface area contributed by atoms with Crippen molar-refractivity contribution in [3.8, 4) is 5.75 Å². The van der Waals surface area contributed by atoms with Gasteiger partial charge in [-0.2, -0.15) is 4.98 Å². The SMILES string of the molecule is COc1cn(CCc2ccccc2)c(Cl)nc1=O. The minimum absolute atomic E-state index is 0.178. The number of ether oxygens (including phenoxy) is 1. The monoisotopic (exact) mass is 264 g/mol. The number of nitrogens with zero attached hydrogens (tertiary/aromatic N) is 2. The van der Waals surface area contributed by atoms with E-state index in [1.54, 1.807) is 10.8 Å². The van der Waals surface area contributed by atoms with Gasteiger partial charge in [0.2, 0.25) is 11.0 Å². The number of benzene rings is 1. The lowest BCUT2D eigenvalue weighted by Gasteiger charge is -2.09. The third-order valence-corrected chi connectivity index (χ3v) is 2.92. The zero-order valence-corrected chi connectivity index (χ0v) is 10.7. The van der Waals surface area contributed by atoms with Crippen LogP contribution in [0.4, 0.5) is 0 Å². The Labute approximate surface area is 110 Å². The Balaban J connectivity index is 2.17. The molecule has 0 N–H and O–H groups in total. The number of aryl methyl sites for hydroxylation is 2. The Morgan fingerprint density at radius 1 is 1.33 bits per heavy atom. The number of hydrogen-bond acceptors (Lipinski definition) is 3. The van der Waals surface area contributed by atoms with E-state index >= 15 is 0 Å². The van der Waals surface area contributed by atoms with Gasteiger partial charge in [-0.25, -0.2) is 0 Å². The second-order valence-electron chi connectivity index (χ2n) is 3.81. The van der Waals surface area contributed by atoms with Crippen LogP contribution in [0.1, 0.15) is 5.56 Å². The first-order valence-electron chi connectivity index (χ1n) is 5.55. The van der Waals surface area contributed by atoms with E-state index in [0.717, 1.165) is 6.42 Å². The fraction of sp³-hybridized carbons (Fsp3) is 0.231. The minimum atomic E-state index is -0.446. The van der Waals surface area contributed by atoms with Crippen molar-refractivity contribution in [2.45, 2.75) is 13.0 Å². The maximum absolute atomic E-state index is 11.4. The van der Waals surface area contributed by atoms with Crippen molar-refractivity contribution in [2.24, 2.45) is 0 Å². The first-order valence-corrected chi connectivity index (χ1v) is 5.93. The molecule has 0 unspecified atom stereocenters. The van der Waals surface area contributed by atoms with Crippen molar-refractivity contribution in [3.05, 3.63) is 57.7 Å². The molecule has 0 saturated heterocycles. The molecule has 4 nitrogen and oxygen atoms in total. The lowest BCUT2D eigenvalue weighted by atomic mass is 10.1. The van der Waals surface area contributed by atoms with Crippen LogP contribution in [0.3, 0.4) is 0 Å². The van der Waals surface area contributed by atoms with Gasteiger partial charge in [-0.3, -0.25) is 4.79 Å². The summed E-state index contributed by atoms with van der Waals surface area (Å²) in [5, 5.41) is 0.178. The molecule has 1 aromatic heterocycles. The molecule has 0 aliphatic carbocycles. The molecule has 0 radical (unpaired) electrons. The quantitative estimate of drug-likeness (QED) is 0.795. The predicted molar refractivity (Wildman–Crippen MR) is 70.2 cm³/mol. The molecule has 0 aliphatic heterocycles. The summed E-state index contributed by atoms with van der Waals surface area (Å²) >= 11 is 5.92. The second kappa shape index (κ2) is 5.69. The molecule has 0 bridgehead atoms. The zero-order chi connectivity index (χ0) is 13.0. The number of methoxy groups -OCH3 is 1. The highest BCUT2D eigenvalue weighted by Gasteiger charge is 2.06. The van der Waals surface area contributed by atoms with Crippen molar-refractivity contribution < 1.29 is 4.74 Å². The van der Waals surface area contributed by atoms with Gasteiger partial charge in [0.25, 0.3) is 0 Å². The molecule has 94 valence electrons.